The fourth-order valence-corrected chi connectivity index (χ4v) is 9.62. The number of hydrogen-bond donors (Lipinski definition) is 15. The molecular weight excluding hydrogens is 1180 g/mol. The molecule has 0 spiro atoms. The van der Waals surface area contributed by atoms with E-state index < -0.39 is 156 Å². The molecule has 88 heavy (non-hydrogen) atoms. The summed E-state index contributed by atoms with van der Waals surface area (Å²) in [6.45, 7) is 7.74. The van der Waals surface area contributed by atoms with Gasteiger partial charge in [-0.2, -0.15) is 23.5 Å². The van der Waals surface area contributed by atoms with Crippen LogP contribution in [-0.4, -0.2) is 176 Å². The maximum absolute atomic E-state index is 14.5. The summed E-state index contributed by atoms with van der Waals surface area (Å²) in [6.07, 6.45) is 1.69. The average molecular weight is 1270 g/mol. The Hall–Kier alpha value is -8.44. The number of benzene rings is 3. The van der Waals surface area contributed by atoms with Crippen LogP contribution in [0.1, 0.15) is 83.4 Å². The quantitative estimate of drug-likeness (QED) is 0.0343. The number of rotatable bonds is 38. The normalized spacial score (nSPS) is 14.8. The van der Waals surface area contributed by atoms with Crippen molar-refractivity contribution in [1.82, 2.24) is 47.9 Å². The van der Waals surface area contributed by atoms with Crippen LogP contribution >= 0.6 is 23.5 Å². The molecule has 3 rings (SSSR count). The second-order valence-electron chi connectivity index (χ2n) is 21.4. The Labute approximate surface area is 518 Å². The van der Waals surface area contributed by atoms with Crippen LogP contribution in [0.3, 0.4) is 0 Å². The second kappa shape index (κ2) is 37.3. The van der Waals surface area contributed by atoms with Crippen LogP contribution in [0.4, 0.5) is 0 Å². The summed E-state index contributed by atoms with van der Waals surface area (Å²) in [7, 11) is 0. The van der Waals surface area contributed by atoms with Crippen molar-refractivity contribution in [2.24, 2.45) is 23.3 Å². The van der Waals surface area contributed by atoms with Crippen LogP contribution in [0, 0.1) is 11.8 Å². The fourth-order valence-electron chi connectivity index (χ4n) is 8.67. The number of carbonyl (C=O) groups excluding carboxylic acids is 10. The van der Waals surface area contributed by atoms with Gasteiger partial charge in [0, 0.05) is 12.8 Å². The first-order chi connectivity index (χ1) is 41.6. The van der Waals surface area contributed by atoms with Gasteiger partial charge in [0.1, 0.15) is 65.9 Å². The van der Waals surface area contributed by atoms with E-state index >= 15 is 0 Å². The molecule has 0 fully saturated rings. The molecule has 3 aromatic rings. The molecule has 0 bridgehead atoms. The lowest BCUT2D eigenvalue weighted by Gasteiger charge is -2.29. The third kappa shape index (κ3) is 25.5. The molecular formula is C59H83N11O16S2. The number of hydrogen-bond acceptors (Lipinski definition) is 17. The number of aliphatic carboxylic acids is 2. The van der Waals surface area contributed by atoms with Gasteiger partial charge in [-0.3, -0.25) is 52.7 Å². The molecule has 0 aliphatic rings. The minimum Gasteiger partial charge on any atom is -0.508 e. The van der Waals surface area contributed by atoms with Crippen LogP contribution in [0.5, 0.6) is 11.5 Å². The minimum atomic E-state index is -1.84. The molecule has 17 N–H and O–H groups in total. The predicted molar refractivity (Wildman–Crippen MR) is 329 cm³/mol. The summed E-state index contributed by atoms with van der Waals surface area (Å²) >= 11 is 2.67. The molecule has 27 nitrogen and oxygen atoms in total. The molecule has 0 aliphatic carbocycles. The highest BCUT2D eigenvalue weighted by atomic mass is 32.2. The zero-order valence-corrected chi connectivity index (χ0v) is 51.8. The summed E-state index contributed by atoms with van der Waals surface area (Å²) < 4.78 is 0. The molecule has 10 amide bonds. The standard InChI is InChI=1S/C59H83N11O16S2/c1-8-32(4)49(70-51(77)39(60)26-34-12-10-9-11-13-34)58(84)68-45(30-47(74)75)53(79)62-33(5)50(76)65-44(29-46(61)73)56(82)66-42(27-35-14-18-37(71)19-15-35)54(80)63-40(22-24-87-6)52(78)69-48(31(2)3)57(83)67-43(28-36-16-20-38(72)21-17-36)55(81)64-41(59(85)86)23-25-88-7/h9-21,31-33,39-45,48-49,71-72H,8,22-30,60H2,1-7H3,(H2,61,73)(H,62,79)(H,63,80)(H,64,81)(H,65,76)(H,66,82)(H,67,83)(H,68,84)(H,69,78)(H,70,77)(H,74,75)(H,85,86)/t32-,33-,39-,40-,41-,42-,43-,44-,45-,48-,49-/m0/s1. The molecule has 11 atom stereocenters. The SMILES string of the molecule is CC[C@H](C)[C@H](NC(=O)[C@@H](N)Cc1ccccc1)C(=O)N[C@@H](CC(=O)O)C(=O)N[C@@H](C)C(=O)N[C@@H](CC(N)=O)C(=O)N[C@@H](Cc1ccc(O)cc1)C(=O)N[C@@H](CCSC)C(=O)N[C@H](C(=O)N[C@@H](Cc1ccc(O)cc1)C(=O)N[C@@H](CCSC)C(=O)O)C(C)C. The number of aromatic hydroxyl groups is 2. The molecule has 29 heteroatoms. The fraction of sp³-hybridized carbons (Fsp3) is 0.492. The van der Waals surface area contributed by atoms with Crippen molar-refractivity contribution in [3.63, 3.8) is 0 Å². The van der Waals surface area contributed by atoms with E-state index in [4.69, 9.17) is 11.5 Å². The van der Waals surface area contributed by atoms with Gasteiger partial charge in [0.2, 0.25) is 59.1 Å². The highest BCUT2D eigenvalue weighted by Crippen LogP contribution is 2.17. The van der Waals surface area contributed by atoms with Crippen LogP contribution in [-0.2, 0) is 76.8 Å². The molecule has 0 unspecified atom stereocenters. The Kier molecular flexibility index (Phi) is 31.3. The van der Waals surface area contributed by atoms with Gasteiger partial charge in [0.25, 0.3) is 0 Å². The van der Waals surface area contributed by atoms with Crippen LogP contribution in [0.2, 0.25) is 0 Å². The summed E-state index contributed by atoms with van der Waals surface area (Å²) in [5, 5.41) is 62.0. The Morgan fingerprint density at radius 3 is 1.33 bits per heavy atom. The third-order valence-corrected chi connectivity index (χ3v) is 15.3. The summed E-state index contributed by atoms with van der Waals surface area (Å²) in [4.78, 5) is 162. The summed E-state index contributed by atoms with van der Waals surface area (Å²) in [5.74, 6) is -13.3. The predicted octanol–water partition coefficient (Wildman–Crippen LogP) is -0.521. The molecule has 0 heterocycles. The lowest BCUT2D eigenvalue weighted by atomic mass is 9.96. The maximum atomic E-state index is 14.5. The molecule has 3 aromatic carbocycles. The van der Waals surface area contributed by atoms with Crippen molar-refractivity contribution in [3.05, 3.63) is 95.6 Å². The van der Waals surface area contributed by atoms with Crippen molar-refractivity contribution in [2.75, 3.05) is 24.0 Å². The topological polar surface area (TPSA) is 446 Å². The van der Waals surface area contributed by atoms with Gasteiger partial charge in [-0.05, 0) is 103 Å². The first-order valence-electron chi connectivity index (χ1n) is 28.4. The highest BCUT2D eigenvalue weighted by Gasteiger charge is 2.37. The molecule has 0 aliphatic heterocycles. The molecule has 0 aromatic heterocycles. The van der Waals surface area contributed by atoms with Crippen molar-refractivity contribution in [2.45, 2.75) is 146 Å². The van der Waals surface area contributed by atoms with Crippen molar-refractivity contribution >= 4 is 94.5 Å². The number of carbonyl (C=O) groups is 12. The molecule has 0 radical (unpaired) electrons. The average Bonchev–Trinajstić information content (AvgIpc) is 3.68. The van der Waals surface area contributed by atoms with Gasteiger partial charge >= 0.3 is 11.9 Å². The van der Waals surface area contributed by atoms with E-state index in [0.717, 1.165) is 12.5 Å². The minimum absolute atomic E-state index is 0.0383. The number of nitrogens with two attached hydrogens (primary N) is 2. The Morgan fingerprint density at radius 2 is 0.852 bits per heavy atom. The lowest BCUT2D eigenvalue weighted by Crippen LogP contribution is -2.61. The van der Waals surface area contributed by atoms with Gasteiger partial charge in [-0.1, -0.05) is 88.7 Å². The van der Waals surface area contributed by atoms with Crippen molar-refractivity contribution in [3.8, 4) is 11.5 Å². The van der Waals surface area contributed by atoms with Crippen LogP contribution in [0.15, 0.2) is 78.9 Å². The van der Waals surface area contributed by atoms with Crippen LogP contribution < -0.4 is 59.3 Å². The van der Waals surface area contributed by atoms with E-state index in [0.29, 0.717) is 23.3 Å². The Bertz CT molecular complexity index is 2870. The lowest BCUT2D eigenvalue weighted by molar-refractivity contribution is -0.142. The highest BCUT2D eigenvalue weighted by molar-refractivity contribution is 7.98. The number of amides is 10. The van der Waals surface area contributed by atoms with Crippen molar-refractivity contribution in [1.29, 1.82) is 0 Å². The first kappa shape index (κ1) is 73.8. The van der Waals surface area contributed by atoms with E-state index in [9.17, 15) is 78.0 Å². The van der Waals surface area contributed by atoms with Crippen molar-refractivity contribution < 1.29 is 78.0 Å². The van der Waals surface area contributed by atoms with Crippen LogP contribution in [0.25, 0.3) is 0 Å². The molecule has 0 saturated carbocycles. The van der Waals surface area contributed by atoms with E-state index in [-0.39, 0.29) is 49.4 Å². The number of phenols is 2. The number of carboxylic acid groups (broad SMARTS) is 2. The number of nitrogens with one attached hydrogen (secondary N) is 9. The smallest absolute Gasteiger partial charge is 0.326 e. The maximum Gasteiger partial charge on any atom is 0.326 e. The number of phenolic OH excluding ortho intramolecular Hbond substituents is 2. The Balaban J connectivity index is 1.87. The third-order valence-electron chi connectivity index (χ3n) is 14.0. The number of carboxylic acids is 2. The number of primary amides is 1. The van der Waals surface area contributed by atoms with E-state index in [1.54, 1.807) is 70.5 Å². The summed E-state index contributed by atoms with van der Waals surface area (Å²) in [5.41, 5.74) is 13.3. The number of thioether (sulfide) groups is 2. The van der Waals surface area contributed by atoms with Gasteiger partial charge in [-0.15, -0.1) is 0 Å². The zero-order chi connectivity index (χ0) is 65.8. The molecule has 0 saturated heterocycles. The van der Waals surface area contributed by atoms with E-state index in [1.165, 1.54) is 72.1 Å². The second-order valence-corrected chi connectivity index (χ2v) is 23.4. The monoisotopic (exact) mass is 1270 g/mol. The molecule has 482 valence electrons. The summed E-state index contributed by atoms with van der Waals surface area (Å²) in [6, 6.07) is 5.40. The zero-order valence-electron chi connectivity index (χ0n) is 50.2. The van der Waals surface area contributed by atoms with Gasteiger partial charge in [0.05, 0.1) is 18.9 Å². The largest absolute Gasteiger partial charge is 0.508 e. The van der Waals surface area contributed by atoms with Gasteiger partial charge < -0.3 is 79.7 Å². The van der Waals surface area contributed by atoms with E-state index in [1.807, 2.05) is 0 Å². The van der Waals surface area contributed by atoms with E-state index in [2.05, 4.69) is 47.9 Å². The van der Waals surface area contributed by atoms with Gasteiger partial charge in [-0.25, -0.2) is 4.79 Å². The van der Waals surface area contributed by atoms with Gasteiger partial charge in [0.15, 0.2) is 0 Å². The first-order valence-corrected chi connectivity index (χ1v) is 31.2. The Morgan fingerprint density at radius 1 is 0.455 bits per heavy atom.